The maximum absolute atomic E-state index is 13.4. The highest BCUT2D eigenvalue weighted by atomic mass is 16.5. The molecule has 10 nitrogen and oxygen atoms in total. The lowest BCUT2D eigenvalue weighted by molar-refractivity contribution is -0.121. The van der Waals surface area contributed by atoms with E-state index in [9.17, 15) is 14.4 Å². The quantitative estimate of drug-likeness (QED) is 0.248. The first-order chi connectivity index (χ1) is 20.9. The number of benzene rings is 1. The number of hydrogen-bond acceptors (Lipinski definition) is 8. The van der Waals surface area contributed by atoms with E-state index < -0.39 is 0 Å². The highest BCUT2D eigenvalue weighted by molar-refractivity contribution is 5.83. The second kappa shape index (κ2) is 15.0. The summed E-state index contributed by atoms with van der Waals surface area (Å²) in [5, 5.41) is 9.23. The topological polar surface area (TPSA) is 128 Å². The minimum absolute atomic E-state index is 0.0156. The molecule has 0 saturated carbocycles. The van der Waals surface area contributed by atoms with E-state index in [1.807, 2.05) is 24.3 Å². The third kappa shape index (κ3) is 7.82. The molecule has 228 valence electrons. The second-order valence-electron chi connectivity index (χ2n) is 10.5. The number of anilines is 1. The van der Waals surface area contributed by atoms with Gasteiger partial charge in [-0.2, -0.15) is 0 Å². The van der Waals surface area contributed by atoms with Crippen LogP contribution >= 0.6 is 0 Å². The van der Waals surface area contributed by atoms with Gasteiger partial charge in [0.1, 0.15) is 0 Å². The van der Waals surface area contributed by atoms with Crippen LogP contribution in [-0.4, -0.2) is 44.7 Å². The minimum Gasteiger partial charge on any atom is -0.493 e. The van der Waals surface area contributed by atoms with Gasteiger partial charge < -0.3 is 30.2 Å². The second-order valence-corrected chi connectivity index (χ2v) is 10.5. The van der Waals surface area contributed by atoms with Gasteiger partial charge in [-0.05, 0) is 78.3 Å². The molecule has 1 aromatic heterocycles. The summed E-state index contributed by atoms with van der Waals surface area (Å²) in [6.07, 6.45) is 7.49. The molecule has 3 N–H and O–H groups in total. The van der Waals surface area contributed by atoms with Crippen LogP contribution in [0.4, 0.5) is 5.69 Å². The van der Waals surface area contributed by atoms with Crippen molar-refractivity contribution in [1.82, 2.24) is 15.6 Å². The molecule has 2 aromatic carbocycles. The Morgan fingerprint density at radius 1 is 0.953 bits per heavy atom. The molecular formula is C33H40N4O6. The zero-order valence-electron chi connectivity index (χ0n) is 25.2. The highest BCUT2D eigenvalue weighted by Gasteiger charge is 2.29. The number of pyridine rings is 1. The van der Waals surface area contributed by atoms with E-state index in [-0.39, 0.29) is 23.3 Å². The van der Waals surface area contributed by atoms with Crippen molar-refractivity contribution >= 4 is 17.5 Å². The van der Waals surface area contributed by atoms with Crippen LogP contribution in [0.3, 0.4) is 0 Å². The van der Waals surface area contributed by atoms with Crippen LogP contribution in [0, 0.1) is 0 Å². The molecule has 3 aromatic rings. The fourth-order valence-electron chi connectivity index (χ4n) is 5.45. The minimum atomic E-state index is -0.362. The van der Waals surface area contributed by atoms with Crippen molar-refractivity contribution in [3.05, 3.63) is 75.7 Å². The zero-order valence-corrected chi connectivity index (χ0v) is 25.2. The lowest BCUT2D eigenvalue weighted by atomic mass is 9.95. The number of rotatable bonds is 13. The molecule has 1 heterocycles. The summed E-state index contributed by atoms with van der Waals surface area (Å²) in [6.45, 7) is 2.55. The molecule has 0 bridgehead atoms. The Balaban J connectivity index is 1.49. The van der Waals surface area contributed by atoms with E-state index in [2.05, 4.69) is 20.9 Å². The molecule has 1 aliphatic rings. The van der Waals surface area contributed by atoms with Crippen LogP contribution < -0.4 is 35.6 Å². The number of nitrogens with zero attached hydrogens (tertiary/aromatic N) is 1. The normalized spacial score (nSPS) is 13.5. The van der Waals surface area contributed by atoms with Crippen molar-refractivity contribution in [2.45, 2.75) is 58.0 Å². The van der Waals surface area contributed by atoms with Gasteiger partial charge in [0.2, 0.25) is 23.0 Å². The number of ether oxygens (including phenoxy) is 3. The predicted molar refractivity (Wildman–Crippen MR) is 166 cm³/mol. The fourth-order valence-corrected chi connectivity index (χ4v) is 5.45. The van der Waals surface area contributed by atoms with Crippen molar-refractivity contribution in [2.75, 3.05) is 33.2 Å². The summed E-state index contributed by atoms with van der Waals surface area (Å²) in [4.78, 5) is 41.7. The van der Waals surface area contributed by atoms with Gasteiger partial charge in [-0.15, -0.1) is 0 Å². The lowest BCUT2D eigenvalue weighted by Gasteiger charge is -2.19. The number of unbranched alkanes of at least 4 members (excludes halogenated alkanes) is 2. The van der Waals surface area contributed by atoms with Crippen molar-refractivity contribution < 1.29 is 23.8 Å². The van der Waals surface area contributed by atoms with E-state index in [1.54, 1.807) is 45.9 Å². The van der Waals surface area contributed by atoms with E-state index in [0.29, 0.717) is 55.3 Å². The Morgan fingerprint density at radius 3 is 2.42 bits per heavy atom. The van der Waals surface area contributed by atoms with Crippen LogP contribution in [0.5, 0.6) is 17.2 Å². The van der Waals surface area contributed by atoms with Gasteiger partial charge in [-0.3, -0.25) is 19.4 Å². The third-order valence-electron chi connectivity index (χ3n) is 7.55. The van der Waals surface area contributed by atoms with Gasteiger partial charge in [-0.25, -0.2) is 0 Å². The Labute approximate surface area is 252 Å². The van der Waals surface area contributed by atoms with Crippen LogP contribution in [0.25, 0.3) is 11.1 Å². The third-order valence-corrected chi connectivity index (χ3v) is 7.55. The summed E-state index contributed by atoms with van der Waals surface area (Å²) >= 11 is 0. The number of hydrogen-bond donors (Lipinski definition) is 3. The zero-order chi connectivity index (χ0) is 30.8. The van der Waals surface area contributed by atoms with Crippen molar-refractivity contribution in [2.24, 2.45) is 0 Å². The molecule has 10 heteroatoms. The average molecular weight is 589 g/mol. The smallest absolute Gasteiger partial charge is 0.220 e. The number of aromatic nitrogens is 1. The summed E-state index contributed by atoms with van der Waals surface area (Å²) in [6, 6.07) is 10.6. The Morgan fingerprint density at radius 2 is 1.72 bits per heavy atom. The van der Waals surface area contributed by atoms with Gasteiger partial charge in [-0.1, -0.05) is 12.5 Å². The first kappa shape index (κ1) is 31.3. The van der Waals surface area contributed by atoms with Crippen molar-refractivity contribution in [3.63, 3.8) is 0 Å². The van der Waals surface area contributed by atoms with Crippen LogP contribution in [0.2, 0.25) is 0 Å². The molecular weight excluding hydrogens is 548 g/mol. The molecule has 2 amide bonds. The summed E-state index contributed by atoms with van der Waals surface area (Å²) in [5.74, 6) is 1.37. The molecule has 1 atom stereocenters. The molecule has 4 rings (SSSR count). The summed E-state index contributed by atoms with van der Waals surface area (Å²) < 4.78 is 17.1. The predicted octanol–water partition coefficient (Wildman–Crippen LogP) is 4.55. The Bertz CT molecular complexity index is 1500. The van der Waals surface area contributed by atoms with E-state index >= 15 is 0 Å². The van der Waals surface area contributed by atoms with Crippen molar-refractivity contribution in [1.29, 1.82) is 0 Å². The van der Waals surface area contributed by atoms with E-state index in [4.69, 9.17) is 14.2 Å². The van der Waals surface area contributed by atoms with E-state index in [0.717, 1.165) is 47.1 Å². The molecule has 43 heavy (non-hydrogen) atoms. The monoisotopic (exact) mass is 588 g/mol. The van der Waals surface area contributed by atoms with Crippen LogP contribution in [0.1, 0.15) is 61.8 Å². The first-order valence-electron chi connectivity index (χ1n) is 14.5. The molecule has 0 fully saturated rings. The molecule has 0 spiro atoms. The van der Waals surface area contributed by atoms with Gasteiger partial charge in [0.05, 0.1) is 33.1 Å². The number of aryl methyl sites for hydroxylation is 1. The Kier molecular flexibility index (Phi) is 11.0. The summed E-state index contributed by atoms with van der Waals surface area (Å²) in [7, 11) is 4.71. The van der Waals surface area contributed by atoms with E-state index in [1.165, 1.54) is 6.92 Å². The largest absolute Gasteiger partial charge is 0.493 e. The van der Waals surface area contributed by atoms with Gasteiger partial charge in [0.15, 0.2) is 11.5 Å². The molecule has 0 radical (unpaired) electrons. The van der Waals surface area contributed by atoms with Crippen LogP contribution in [-0.2, 0) is 22.6 Å². The molecule has 0 saturated heterocycles. The number of amides is 2. The number of carbonyl (C=O) groups is 2. The SMILES string of the molecule is COc1cc2c(c(OC)c1OC)-c1ccc(NCCCCCC(=O)NCc3ccncc3)c(=O)cc1[C@@H](NC(C)=O)CC2. The van der Waals surface area contributed by atoms with Gasteiger partial charge in [0, 0.05) is 44.4 Å². The Hall–Kier alpha value is -4.60. The number of nitrogens with one attached hydrogen (secondary N) is 3. The summed E-state index contributed by atoms with van der Waals surface area (Å²) in [5.41, 5.74) is 4.59. The fraction of sp³-hybridized carbons (Fsp3) is 0.394. The standard InChI is InChI=1S/C33H40N4O6/c1-21(38)37-26-11-9-23-18-29(41-2)32(42-3)33(43-4)31(23)24-10-12-27(28(39)19-25(24)26)35-15-7-5-6-8-30(40)36-20-22-13-16-34-17-14-22/h10,12-14,16-19,26H,5-9,11,15,20H2,1-4H3,(H,35,39)(H,36,40)(H,37,38)/t26-/m0/s1. The lowest BCUT2D eigenvalue weighted by Crippen LogP contribution is -2.26. The van der Waals surface area contributed by atoms with Crippen LogP contribution in [0.15, 0.2) is 53.6 Å². The maximum atomic E-state index is 13.4. The van der Waals surface area contributed by atoms with Crippen molar-refractivity contribution in [3.8, 4) is 28.4 Å². The number of methoxy groups -OCH3 is 3. The first-order valence-corrected chi connectivity index (χ1v) is 14.5. The van der Waals surface area contributed by atoms with Gasteiger partial charge in [0.25, 0.3) is 0 Å². The molecule has 1 aliphatic carbocycles. The highest BCUT2D eigenvalue weighted by Crippen LogP contribution is 2.50. The maximum Gasteiger partial charge on any atom is 0.220 e. The number of carbonyl (C=O) groups excluding carboxylic acids is 2. The number of fused-ring (bicyclic) bond motifs is 3. The average Bonchev–Trinajstić information content (AvgIpc) is 3.25. The van der Waals surface area contributed by atoms with Gasteiger partial charge >= 0.3 is 0 Å². The molecule has 0 aliphatic heterocycles. The molecule has 0 unspecified atom stereocenters.